The summed E-state index contributed by atoms with van der Waals surface area (Å²) in [7, 11) is 0. The van der Waals surface area contributed by atoms with E-state index >= 15 is 0 Å². The van der Waals surface area contributed by atoms with Crippen LogP contribution in [0.25, 0.3) is 0 Å². The summed E-state index contributed by atoms with van der Waals surface area (Å²) in [6.45, 7) is 4.52. The minimum Gasteiger partial charge on any atom is -0.494 e. The molecule has 92 valence electrons. The lowest BCUT2D eigenvalue weighted by molar-refractivity contribution is 0.340. The van der Waals surface area contributed by atoms with Crippen molar-refractivity contribution in [1.82, 2.24) is 5.32 Å². The van der Waals surface area contributed by atoms with Crippen LogP contribution in [0.2, 0.25) is 0 Å². The summed E-state index contributed by atoms with van der Waals surface area (Å²) in [6, 6.07) is 8.22. The predicted octanol–water partition coefficient (Wildman–Crippen LogP) is 2.76. The van der Waals surface area contributed by atoms with Gasteiger partial charge in [0.05, 0.1) is 12.4 Å². The number of benzene rings is 1. The number of aliphatic imine (C=N–C) groups is 1. The van der Waals surface area contributed by atoms with Crippen LogP contribution in [0.3, 0.4) is 0 Å². The third-order valence-corrected chi connectivity index (χ3v) is 2.83. The maximum absolute atomic E-state index is 5.48. The Hall–Kier alpha value is -1.51. The minimum atomic E-state index is 0.712. The van der Waals surface area contributed by atoms with Crippen molar-refractivity contribution in [3.05, 3.63) is 29.8 Å². The summed E-state index contributed by atoms with van der Waals surface area (Å²) in [4.78, 5) is 4.48. The van der Waals surface area contributed by atoms with Gasteiger partial charge in [-0.3, -0.25) is 4.99 Å². The summed E-state index contributed by atoms with van der Waals surface area (Å²) in [5.41, 5.74) is 1.24. The number of hydrogen-bond donors (Lipinski definition) is 1. The molecule has 0 radical (unpaired) electrons. The SMILES string of the molecule is CCOc1cccc(CNC2=NCCCC2)c1. The van der Waals surface area contributed by atoms with Crippen LogP contribution < -0.4 is 10.1 Å². The van der Waals surface area contributed by atoms with Crippen LogP contribution in [0.15, 0.2) is 29.3 Å². The van der Waals surface area contributed by atoms with Gasteiger partial charge in [0.1, 0.15) is 5.75 Å². The van der Waals surface area contributed by atoms with Crippen LogP contribution in [0.5, 0.6) is 5.75 Å². The van der Waals surface area contributed by atoms with E-state index in [9.17, 15) is 0 Å². The molecule has 0 aromatic heterocycles. The lowest BCUT2D eigenvalue weighted by atomic mass is 10.1. The second kappa shape index (κ2) is 6.28. The molecule has 0 spiro atoms. The molecule has 0 fully saturated rings. The van der Waals surface area contributed by atoms with Crippen molar-refractivity contribution in [2.75, 3.05) is 13.2 Å². The lowest BCUT2D eigenvalue weighted by Gasteiger charge is -2.14. The Morgan fingerprint density at radius 3 is 3.06 bits per heavy atom. The number of hydrogen-bond acceptors (Lipinski definition) is 3. The van der Waals surface area contributed by atoms with Gasteiger partial charge in [-0.05, 0) is 37.5 Å². The minimum absolute atomic E-state index is 0.712. The predicted molar refractivity (Wildman–Crippen MR) is 70.6 cm³/mol. The second-order valence-electron chi connectivity index (χ2n) is 4.22. The van der Waals surface area contributed by atoms with Gasteiger partial charge in [0.25, 0.3) is 0 Å². The summed E-state index contributed by atoms with van der Waals surface area (Å²) in [5, 5.41) is 3.40. The highest BCUT2D eigenvalue weighted by molar-refractivity contribution is 5.82. The molecule has 1 aliphatic heterocycles. The van der Waals surface area contributed by atoms with E-state index < -0.39 is 0 Å². The molecule has 0 amide bonds. The van der Waals surface area contributed by atoms with E-state index in [1.807, 2.05) is 19.1 Å². The number of ether oxygens (including phenoxy) is 1. The average molecular weight is 232 g/mol. The van der Waals surface area contributed by atoms with Gasteiger partial charge in [0.2, 0.25) is 0 Å². The quantitative estimate of drug-likeness (QED) is 0.866. The van der Waals surface area contributed by atoms with Crippen LogP contribution in [-0.4, -0.2) is 19.0 Å². The van der Waals surface area contributed by atoms with E-state index in [-0.39, 0.29) is 0 Å². The van der Waals surface area contributed by atoms with E-state index in [2.05, 4.69) is 22.4 Å². The molecule has 3 heteroatoms. The molecule has 0 saturated carbocycles. The first-order chi connectivity index (χ1) is 8.38. The van der Waals surface area contributed by atoms with Crippen LogP contribution in [0.1, 0.15) is 31.7 Å². The molecule has 0 aliphatic carbocycles. The fourth-order valence-corrected chi connectivity index (χ4v) is 1.96. The van der Waals surface area contributed by atoms with Crippen molar-refractivity contribution in [2.24, 2.45) is 4.99 Å². The largest absolute Gasteiger partial charge is 0.494 e. The van der Waals surface area contributed by atoms with Crippen molar-refractivity contribution in [3.8, 4) is 5.75 Å². The van der Waals surface area contributed by atoms with Crippen LogP contribution >= 0.6 is 0 Å². The monoisotopic (exact) mass is 232 g/mol. The molecule has 1 N–H and O–H groups in total. The lowest BCUT2D eigenvalue weighted by Crippen LogP contribution is -2.25. The van der Waals surface area contributed by atoms with Gasteiger partial charge in [-0.15, -0.1) is 0 Å². The smallest absolute Gasteiger partial charge is 0.119 e. The zero-order chi connectivity index (χ0) is 11.9. The highest BCUT2D eigenvalue weighted by Crippen LogP contribution is 2.13. The van der Waals surface area contributed by atoms with Crippen LogP contribution in [-0.2, 0) is 6.54 Å². The van der Waals surface area contributed by atoms with E-state index in [1.54, 1.807) is 0 Å². The van der Waals surface area contributed by atoms with E-state index in [4.69, 9.17) is 4.74 Å². The summed E-state index contributed by atoms with van der Waals surface area (Å²) >= 11 is 0. The number of rotatable bonds is 4. The van der Waals surface area contributed by atoms with Gasteiger partial charge < -0.3 is 10.1 Å². The maximum Gasteiger partial charge on any atom is 0.119 e. The van der Waals surface area contributed by atoms with Gasteiger partial charge >= 0.3 is 0 Å². The zero-order valence-corrected chi connectivity index (χ0v) is 10.4. The molecular formula is C14H20N2O. The Morgan fingerprint density at radius 2 is 2.29 bits per heavy atom. The first-order valence-electron chi connectivity index (χ1n) is 6.37. The molecule has 1 aromatic rings. The number of nitrogens with one attached hydrogen (secondary N) is 1. The Labute approximate surface area is 103 Å². The van der Waals surface area contributed by atoms with Gasteiger partial charge in [-0.25, -0.2) is 0 Å². The third-order valence-electron chi connectivity index (χ3n) is 2.83. The molecule has 0 saturated heterocycles. The molecule has 3 nitrogen and oxygen atoms in total. The normalized spacial score (nSPS) is 15.2. The summed E-state index contributed by atoms with van der Waals surface area (Å²) in [5.74, 6) is 2.09. The van der Waals surface area contributed by atoms with Crippen LogP contribution in [0, 0.1) is 0 Å². The van der Waals surface area contributed by atoms with Gasteiger partial charge in [0, 0.05) is 19.5 Å². The van der Waals surface area contributed by atoms with Gasteiger partial charge in [-0.1, -0.05) is 12.1 Å². The van der Waals surface area contributed by atoms with Gasteiger partial charge in [-0.2, -0.15) is 0 Å². The van der Waals surface area contributed by atoms with Crippen molar-refractivity contribution in [3.63, 3.8) is 0 Å². The number of nitrogens with zero attached hydrogens (tertiary/aromatic N) is 1. The molecule has 1 aromatic carbocycles. The molecule has 1 heterocycles. The van der Waals surface area contributed by atoms with Crippen molar-refractivity contribution in [1.29, 1.82) is 0 Å². The highest BCUT2D eigenvalue weighted by atomic mass is 16.5. The third kappa shape index (κ3) is 3.77. The van der Waals surface area contributed by atoms with E-state index in [0.29, 0.717) is 6.61 Å². The molecule has 0 atom stereocenters. The Balaban J connectivity index is 1.89. The molecule has 2 rings (SSSR count). The molecule has 0 bridgehead atoms. The van der Waals surface area contributed by atoms with Crippen LogP contribution in [0.4, 0.5) is 0 Å². The topological polar surface area (TPSA) is 33.6 Å². The first-order valence-corrected chi connectivity index (χ1v) is 6.37. The summed E-state index contributed by atoms with van der Waals surface area (Å²) in [6.07, 6.45) is 3.57. The van der Waals surface area contributed by atoms with E-state index in [0.717, 1.165) is 31.1 Å². The Kier molecular flexibility index (Phi) is 4.42. The fourth-order valence-electron chi connectivity index (χ4n) is 1.96. The fraction of sp³-hybridized carbons (Fsp3) is 0.500. The average Bonchev–Trinajstić information content (AvgIpc) is 2.39. The molecule has 0 unspecified atom stereocenters. The zero-order valence-electron chi connectivity index (χ0n) is 10.4. The van der Waals surface area contributed by atoms with Crippen molar-refractivity contribution >= 4 is 5.84 Å². The summed E-state index contributed by atoms with van der Waals surface area (Å²) < 4.78 is 5.48. The molecular weight excluding hydrogens is 212 g/mol. The Bertz CT molecular complexity index is 388. The van der Waals surface area contributed by atoms with E-state index in [1.165, 1.54) is 18.4 Å². The standard InChI is InChI=1S/C14H20N2O/c1-2-17-13-7-5-6-12(10-13)11-16-14-8-3-4-9-15-14/h5-7,10H,2-4,8-9,11H2,1H3,(H,15,16). The molecule has 1 aliphatic rings. The maximum atomic E-state index is 5.48. The number of amidine groups is 1. The second-order valence-corrected chi connectivity index (χ2v) is 4.22. The van der Waals surface area contributed by atoms with Crippen molar-refractivity contribution in [2.45, 2.75) is 32.7 Å². The van der Waals surface area contributed by atoms with Crippen molar-refractivity contribution < 1.29 is 4.74 Å². The van der Waals surface area contributed by atoms with Gasteiger partial charge in [0.15, 0.2) is 0 Å². The first kappa shape index (κ1) is 12.0. The molecule has 17 heavy (non-hydrogen) atoms. The highest BCUT2D eigenvalue weighted by Gasteiger charge is 2.04. The Morgan fingerprint density at radius 1 is 1.35 bits per heavy atom.